The van der Waals surface area contributed by atoms with Gasteiger partial charge in [-0.25, -0.2) is 18.5 Å². The lowest BCUT2D eigenvalue weighted by Gasteiger charge is -2.08. The maximum Gasteiger partial charge on any atom is 0.238 e. The number of pyridine rings is 1. The highest BCUT2D eigenvalue weighted by atomic mass is 32.2. The lowest BCUT2D eigenvalue weighted by atomic mass is 10.0. The molecule has 0 saturated carbocycles. The van der Waals surface area contributed by atoms with Crippen LogP contribution in [0.4, 0.5) is 5.82 Å². The Morgan fingerprint density at radius 1 is 1.17 bits per heavy atom. The van der Waals surface area contributed by atoms with E-state index in [1.54, 1.807) is 30.3 Å². The normalized spacial score (nSPS) is 11.2. The molecule has 0 saturated heterocycles. The van der Waals surface area contributed by atoms with Gasteiger partial charge in [0.15, 0.2) is 0 Å². The van der Waals surface area contributed by atoms with E-state index in [2.05, 4.69) is 4.98 Å². The fraction of sp³-hybridized carbons (Fsp3) is 0. The van der Waals surface area contributed by atoms with E-state index in [0.29, 0.717) is 22.6 Å². The SMILES string of the molecule is N#Cc1c(-c2ccco2)cc(-c2ccc(S(N)(=O)=O)cc2)nc1N. The molecule has 0 unspecified atom stereocenters. The summed E-state index contributed by atoms with van der Waals surface area (Å²) < 4.78 is 28.0. The Kier molecular flexibility index (Phi) is 3.81. The van der Waals surface area contributed by atoms with E-state index in [1.807, 2.05) is 6.07 Å². The molecule has 0 fully saturated rings. The van der Waals surface area contributed by atoms with Crippen LogP contribution in [0.25, 0.3) is 22.6 Å². The minimum Gasteiger partial charge on any atom is -0.464 e. The Morgan fingerprint density at radius 2 is 1.88 bits per heavy atom. The van der Waals surface area contributed by atoms with E-state index < -0.39 is 10.0 Å². The van der Waals surface area contributed by atoms with E-state index in [-0.39, 0.29) is 16.3 Å². The van der Waals surface area contributed by atoms with Gasteiger partial charge in [-0.15, -0.1) is 0 Å². The highest BCUT2D eigenvalue weighted by Gasteiger charge is 2.15. The maximum absolute atomic E-state index is 11.3. The number of sulfonamides is 1. The predicted octanol–water partition coefficient (Wildman–Crippen LogP) is 2.11. The van der Waals surface area contributed by atoms with Crippen molar-refractivity contribution in [2.45, 2.75) is 4.90 Å². The van der Waals surface area contributed by atoms with Crippen molar-refractivity contribution in [1.82, 2.24) is 4.98 Å². The summed E-state index contributed by atoms with van der Waals surface area (Å²) in [7, 11) is -3.77. The topological polar surface area (TPSA) is 136 Å². The van der Waals surface area contributed by atoms with Crippen LogP contribution in [0.3, 0.4) is 0 Å². The number of nitrogens with zero attached hydrogens (tertiary/aromatic N) is 2. The monoisotopic (exact) mass is 340 g/mol. The van der Waals surface area contributed by atoms with Crippen LogP contribution in [-0.2, 0) is 10.0 Å². The number of nitriles is 1. The van der Waals surface area contributed by atoms with Gasteiger partial charge in [-0.3, -0.25) is 0 Å². The van der Waals surface area contributed by atoms with Gasteiger partial charge in [-0.2, -0.15) is 5.26 Å². The highest BCUT2D eigenvalue weighted by molar-refractivity contribution is 7.89. The lowest BCUT2D eigenvalue weighted by Crippen LogP contribution is -2.11. The van der Waals surface area contributed by atoms with Crippen molar-refractivity contribution in [3.8, 4) is 28.7 Å². The summed E-state index contributed by atoms with van der Waals surface area (Å²) in [6, 6.07) is 13.0. The third-order valence-corrected chi connectivity index (χ3v) is 4.35. The van der Waals surface area contributed by atoms with Gasteiger partial charge in [0, 0.05) is 11.1 Å². The van der Waals surface area contributed by atoms with Gasteiger partial charge < -0.3 is 10.2 Å². The smallest absolute Gasteiger partial charge is 0.238 e. The zero-order chi connectivity index (χ0) is 17.3. The summed E-state index contributed by atoms with van der Waals surface area (Å²) in [5, 5.41) is 14.4. The molecule has 0 amide bonds. The van der Waals surface area contributed by atoms with Crippen LogP contribution >= 0.6 is 0 Å². The molecule has 0 spiro atoms. The maximum atomic E-state index is 11.3. The van der Waals surface area contributed by atoms with Crippen LogP contribution in [0.5, 0.6) is 0 Å². The summed E-state index contributed by atoms with van der Waals surface area (Å²) in [4.78, 5) is 4.21. The van der Waals surface area contributed by atoms with Gasteiger partial charge in [0.05, 0.1) is 16.9 Å². The van der Waals surface area contributed by atoms with Crippen molar-refractivity contribution >= 4 is 15.8 Å². The summed E-state index contributed by atoms with van der Waals surface area (Å²) in [5.74, 6) is 0.556. The second kappa shape index (κ2) is 5.81. The number of primary sulfonamides is 1. The number of aromatic nitrogens is 1. The molecular weight excluding hydrogens is 328 g/mol. The minimum absolute atomic E-state index is 0.000810. The fourth-order valence-corrected chi connectivity index (χ4v) is 2.79. The van der Waals surface area contributed by atoms with E-state index in [4.69, 9.17) is 15.3 Å². The first-order valence-corrected chi connectivity index (χ1v) is 8.32. The Balaban J connectivity index is 2.15. The third-order valence-electron chi connectivity index (χ3n) is 3.42. The summed E-state index contributed by atoms with van der Waals surface area (Å²) in [6.07, 6.45) is 1.49. The van der Waals surface area contributed by atoms with Crippen LogP contribution in [0.15, 0.2) is 58.0 Å². The average Bonchev–Trinajstić information content (AvgIpc) is 3.07. The molecule has 0 radical (unpaired) electrons. The molecule has 0 atom stereocenters. The van der Waals surface area contributed by atoms with Gasteiger partial charge >= 0.3 is 0 Å². The second-order valence-electron chi connectivity index (χ2n) is 4.97. The predicted molar refractivity (Wildman–Crippen MR) is 87.9 cm³/mol. The van der Waals surface area contributed by atoms with E-state index in [0.717, 1.165) is 0 Å². The zero-order valence-electron chi connectivity index (χ0n) is 12.3. The number of furan rings is 1. The number of nitrogen functional groups attached to an aromatic ring is 1. The van der Waals surface area contributed by atoms with Gasteiger partial charge in [0.2, 0.25) is 10.0 Å². The largest absolute Gasteiger partial charge is 0.464 e. The van der Waals surface area contributed by atoms with Gasteiger partial charge in [0.1, 0.15) is 23.2 Å². The van der Waals surface area contributed by atoms with Gasteiger partial charge in [-0.05, 0) is 30.3 Å². The first-order valence-electron chi connectivity index (χ1n) is 6.78. The highest BCUT2D eigenvalue weighted by Crippen LogP contribution is 2.31. The summed E-state index contributed by atoms with van der Waals surface area (Å²) in [6.45, 7) is 0. The van der Waals surface area contributed by atoms with Crippen molar-refractivity contribution in [3.05, 3.63) is 54.3 Å². The number of rotatable bonds is 3. The molecule has 2 heterocycles. The molecule has 4 N–H and O–H groups in total. The number of anilines is 1. The summed E-state index contributed by atoms with van der Waals surface area (Å²) in [5.41, 5.74) is 7.73. The Labute approximate surface area is 138 Å². The number of nitrogens with two attached hydrogens (primary N) is 2. The van der Waals surface area contributed by atoms with Crippen LogP contribution < -0.4 is 10.9 Å². The molecule has 1 aromatic carbocycles. The molecule has 120 valence electrons. The van der Waals surface area contributed by atoms with Crippen LogP contribution in [0, 0.1) is 11.3 Å². The number of hydrogen-bond donors (Lipinski definition) is 2. The Hall–Kier alpha value is -3.15. The second-order valence-corrected chi connectivity index (χ2v) is 6.54. The molecule has 8 heteroatoms. The first kappa shape index (κ1) is 15.7. The Bertz CT molecular complexity index is 1030. The number of hydrogen-bond acceptors (Lipinski definition) is 6. The van der Waals surface area contributed by atoms with Gasteiger partial charge in [-0.1, -0.05) is 12.1 Å². The van der Waals surface area contributed by atoms with Crippen molar-refractivity contribution in [3.63, 3.8) is 0 Å². The average molecular weight is 340 g/mol. The van der Waals surface area contributed by atoms with E-state index in [9.17, 15) is 13.7 Å². The zero-order valence-corrected chi connectivity index (χ0v) is 13.1. The molecule has 0 bridgehead atoms. The summed E-state index contributed by atoms with van der Waals surface area (Å²) >= 11 is 0. The Morgan fingerprint density at radius 3 is 2.42 bits per heavy atom. The fourth-order valence-electron chi connectivity index (χ4n) is 2.27. The van der Waals surface area contributed by atoms with Crippen molar-refractivity contribution in [2.75, 3.05) is 5.73 Å². The van der Waals surface area contributed by atoms with Crippen molar-refractivity contribution in [1.29, 1.82) is 5.26 Å². The van der Waals surface area contributed by atoms with Crippen molar-refractivity contribution < 1.29 is 12.8 Å². The standard InChI is InChI=1S/C16H12N4O3S/c17-9-13-12(15-2-1-7-23-15)8-14(20-16(13)18)10-3-5-11(6-4-10)24(19,21)22/h1-8H,(H2,18,20)(H2,19,21,22). The quantitative estimate of drug-likeness (QED) is 0.749. The first-order chi connectivity index (χ1) is 11.4. The van der Waals surface area contributed by atoms with Crippen molar-refractivity contribution in [2.24, 2.45) is 5.14 Å². The lowest BCUT2D eigenvalue weighted by molar-refractivity contribution is 0.582. The molecule has 0 aliphatic carbocycles. The third kappa shape index (κ3) is 2.86. The van der Waals surface area contributed by atoms with Crippen LogP contribution in [0.2, 0.25) is 0 Å². The molecule has 24 heavy (non-hydrogen) atoms. The van der Waals surface area contributed by atoms with E-state index >= 15 is 0 Å². The number of benzene rings is 1. The molecule has 0 aliphatic heterocycles. The minimum atomic E-state index is -3.77. The molecule has 3 aromatic rings. The van der Waals surface area contributed by atoms with E-state index in [1.165, 1.54) is 18.4 Å². The molecule has 2 aromatic heterocycles. The molecule has 7 nitrogen and oxygen atoms in total. The van der Waals surface area contributed by atoms with Crippen LogP contribution in [0.1, 0.15) is 5.56 Å². The van der Waals surface area contributed by atoms with Gasteiger partial charge in [0.25, 0.3) is 0 Å². The molecular formula is C16H12N4O3S. The van der Waals surface area contributed by atoms with Crippen LogP contribution in [-0.4, -0.2) is 13.4 Å². The molecule has 0 aliphatic rings. The molecule has 3 rings (SSSR count).